The molecule has 3 heteroatoms. The van der Waals surface area contributed by atoms with Crippen LogP contribution in [0.25, 0.3) is 0 Å². The van der Waals surface area contributed by atoms with Gasteiger partial charge in [-0.2, -0.15) is 0 Å². The minimum Gasteiger partial charge on any atom is -0.357 e. The highest BCUT2D eigenvalue weighted by atomic mass is 15.2. The summed E-state index contributed by atoms with van der Waals surface area (Å²) in [6, 6.07) is 5.17. The SMILES string of the molecule is CCNCc1cc(CC)nc(N(C)C2CCCCC2)c1. The van der Waals surface area contributed by atoms with Crippen LogP contribution in [0.4, 0.5) is 5.82 Å². The van der Waals surface area contributed by atoms with Crippen molar-refractivity contribution in [2.45, 2.75) is 65.0 Å². The highest BCUT2D eigenvalue weighted by Crippen LogP contribution is 2.26. The van der Waals surface area contributed by atoms with Crippen LogP contribution in [0.3, 0.4) is 0 Å². The summed E-state index contributed by atoms with van der Waals surface area (Å²) in [6.07, 6.45) is 7.78. The normalized spacial score (nSPS) is 16.4. The lowest BCUT2D eigenvalue weighted by Gasteiger charge is -2.32. The second-order valence-corrected chi connectivity index (χ2v) is 5.86. The van der Waals surface area contributed by atoms with E-state index >= 15 is 0 Å². The number of hydrogen-bond donors (Lipinski definition) is 1. The Balaban J connectivity index is 2.15. The van der Waals surface area contributed by atoms with Crippen molar-refractivity contribution in [3.8, 4) is 0 Å². The van der Waals surface area contributed by atoms with Crippen molar-refractivity contribution in [1.82, 2.24) is 10.3 Å². The molecule has 112 valence electrons. The first-order valence-electron chi connectivity index (χ1n) is 8.18. The van der Waals surface area contributed by atoms with E-state index in [1.807, 2.05) is 0 Å². The topological polar surface area (TPSA) is 28.2 Å². The summed E-state index contributed by atoms with van der Waals surface area (Å²) in [5.41, 5.74) is 2.56. The second kappa shape index (κ2) is 7.63. The van der Waals surface area contributed by atoms with Crippen LogP contribution in [0.2, 0.25) is 0 Å². The number of aryl methyl sites for hydroxylation is 1. The van der Waals surface area contributed by atoms with Gasteiger partial charge in [-0.1, -0.05) is 33.1 Å². The average Bonchev–Trinajstić information content (AvgIpc) is 2.52. The molecule has 1 N–H and O–H groups in total. The van der Waals surface area contributed by atoms with Crippen molar-refractivity contribution in [3.05, 3.63) is 23.4 Å². The smallest absolute Gasteiger partial charge is 0.129 e. The van der Waals surface area contributed by atoms with E-state index in [-0.39, 0.29) is 0 Å². The molecule has 20 heavy (non-hydrogen) atoms. The molecule has 0 aromatic carbocycles. The standard InChI is InChI=1S/C17H29N3/c1-4-15-11-14(13-18-5-2)12-17(19-15)20(3)16-9-7-6-8-10-16/h11-12,16,18H,4-10,13H2,1-3H3. The molecule has 0 amide bonds. The Hall–Kier alpha value is -1.09. The number of aromatic nitrogens is 1. The monoisotopic (exact) mass is 275 g/mol. The van der Waals surface area contributed by atoms with Gasteiger partial charge in [-0.3, -0.25) is 0 Å². The van der Waals surface area contributed by atoms with Crippen molar-refractivity contribution < 1.29 is 0 Å². The predicted octanol–water partition coefficient (Wildman–Crippen LogP) is 3.52. The Morgan fingerprint density at radius 1 is 1.20 bits per heavy atom. The van der Waals surface area contributed by atoms with E-state index in [9.17, 15) is 0 Å². The Bertz CT molecular complexity index is 411. The van der Waals surface area contributed by atoms with Gasteiger partial charge in [0.15, 0.2) is 0 Å². The number of pyridine rings is 1. The van der Waals surface area contributed by atoms with E-state index in [0.29, 0.717) is 6.04 Å². The molecule has 1 aliphatic rings. The lowest BCUT2D eigenvalue weighted by atomic mass is 9.94. The molecule has 0 aliphatic heterocycles. The Morgan fingerprint density at radius 2 is 1.95 bits per heavy atom. The largest absolute Gasteiger partial charge is 0.357 e. The first kappa shape index (κ1) is 15.3. The molecule has 1 aromatic heterocycles. The molecule has 0 atom stereocenters. The number of nitrogens with zero attached hydrogens (tertiary/aromatic N) is 2. The molecule has 3 nitrogen and oxygen atoms in total. The van der Waals surface area contributed by atoms with E-state index in [4.69, 9.17) is 4.98 Å². The molecule has 0 saturated heterocycles. The Kier molecular flexibility index (Phi) is 5.84. The van der Waals surface area contributed by atoms with Crippen LogP contribution in [-0.2, 0) is 13.0 Å². The molecule has 1 aromatic rings. The molecule has 1 fully saturated rings. The van der Waals surface area contributed by atoms with Gasteiger partial charge in [-0.15, -0.1) is 0 Å². The summed E-state index contributed by atoms with van der Waals surface area (Å²) < 4.78 is 0. The summed E-state index contributed by atoms with van der Waals surface area (Å²) in [7, 11) is 2.22. The number of nitrogens with one attached hydrogen (secondary N) is 1. The molecule has 2 rings (SSSR count). The van der Waals surface area contributed by atoms with Crippen molar-refractivity contribution >= 4 is 5.82 Å². The van der Waals surface area contributed by atoms with Gasteiger partial charge in [0.1, 0.15) is 5.82 Å². The van der Waals surface area contributed by atoms with E-state index in [0.717, 1.165) is 25.3 Å². The van der Waals surface area contributed by atoms with E-state index < -0.39 is 0 Å². The van der Waals surface area contributed by atoms with E-state index in [1.54, 1.807) is 0 Å². The van der Waals surface area contributed by atoms with Crippen LogP contribution in [0, 0.1) is 0 Å². The first-order valence-corrected chi connectivity index (χ1v) is 8.18. The molecule has 0 spiro atoms. The third kappa shape index (κ3) is 3.95. The number of rotatable bonds is 6. The van der Waals surface area contributed by atoms with Gasteiger partial charge in [0.05, 0.1) is 0 Å². The molecule has 1 aliphatic carbocycles. The van der Waals surface area contributed by atoms with E-state index in [1.165, 1.54) is 43.4 Å². The fourth-order valence-electron chi connectivity index (χ4n) is 3.02. The van der Waals surface area contributed by atoms with Crippen molar-refractivity contribution in [1.29, 1.82) is 0 Å². The molecular formula is C17H29N3. The average molecular weight is 275 g/mol. The quantitative estimate of drug-likeness (QED) is 0.861. The number of hydrogen-bond acceptors (Lipinski definition) is 3. The van der Waals surface area contributed by atoms with Crippen molar-refractivity contribution in [2.24, 2.45) is 0 Å². The van der Waals surface area contributed by atoms with Crippen LogP contribution >= 0.6 is 0 Å². The lowest BCUT2D eigenvalue weighted by molar-refractivity contribution is 0.426. The fraction of sp³-hybridized carbons (Fsp3) is 0.706. The summed E-state index contributed by atoms with van der Waals surface area (Å²) >= 11 is 0. The maximum atomic E-state index is 4.83. The summed E-state index contributed by atoms with van der Waals surface area (Å²) in [5.74, 6) is 1.16. The second-order valence-electron chi connectivity index (χ2n) is 5.86. The molecule has 0 unspecified atom stereocenters. The van der Waals surface area contributed by atoms with Gasteiger partial charge in [-0.05, 0) is 43.5 Å². The van der Waals surface area contributed by atoms with Crippen LogP contribution in [0.15, 0.2) is 12.1 Å². The predicted molar refractivity (Wildman–Crippen MR) is 86.3 cm³/mol. The fourth-order valence-corrected chi connectivity index (χ4v) is 3.02. The minimum absolute atomic E-state index is 0.676. The zero-order valence-corrected chi connectivity index (χ0v) is 13.3. The van der Waals surface area contributed by atoms with E-state index in [2.05, 4.69) is 43.2 Å². The number of anilines is 1. The van der Waals surface area contributed by atoms with Crippen LogP contribution in [-0.4, -0.2) is 24.6 Å². The van der Waals surface area contributed by atoms with Crippen LogP contribution in [0.1, 0.15) is 57.2 Å². The summed E-state index contributed by atoms with van der Waals surface area (Å²) in [5, 5.41) is 3.42. The van der Waals surface area contributed by atoms with Gasteiger partial charge in [0.25, 0.3) is 0 Å². The van der Waals surface area contributed by atoms with Gasteiger partial charge in [-0.25, -0.2) is 4.98 Å². The van der Waals surface area contributed by atoms with Gasteiger partial charge in [0.2, 0.25) is 0 Å². The lowest BCUT2D eigenvalue weighted by Crippen LogP contribution is -2.34. The zero-order valence-electron chi connectivity index (χ0n) is 13.3. The molecule has 1 saturated carbocycles. The van der Waals surface area contributed by atoms with Crippen LogP contribution in [0.5, 0.6) is 0 Å². The third-order valence-electron chi connectivity index (χ3n) is 4.35. The molecule has 0 bridgehead atoms. The Labute approximate surface area is 123 Å². The minimum atomic E-state index is 0.676. The highest BCUT2D eigenvalue weighted by molar-refractivity contribution is 5.43. The Morgan fingerprint density at radius 3 is 2.60 bits per heavy atom. The zero-order chi connectivity index (χ0) is 14.4. The van der Waals surface area contributed by atoms with Crippen molar-refractivity contribution in [2.75, 3.05) is 18.5 Å². The van der Waals surface area contributed by atoms with Gasteiger partial charge in [0, 0.05) is 25.3 Å². The maximum absolute atomic E-state index is 4.83. The van der Waals surface area contributed by atoms with Gasteiger partial charge < -0.3 is 10.2 Å². The third-order valence-corrected chi connectivity index (χ3v) is 4.35. The highest BCUT2D eigenvalue weighted by Gasteiger charge is 2.19. The maximum Gasteiger partial charge on any atom is 0.129 e. The molecular weight excluding hydrogens is 246 g/mol. The summed E-state index contributed by atoms with van der Waals surface area (Å²) in [4.78, 5) is 7.24. The first-order chi connectivity index (χ1) is 9.74. The van der Waals surface area contributed by atoms with Crippen molar-refractivity contribution in [3.63, 3.8) is 0 Å². The molecule has 0 radical (unpaired) electrons. The summed E-state index contributed by atoms with van der Waals surface area (Å²) in [6.45, 7) is 6.29. The van der Waals surface area contributed by atoms with Crippen LogP contribution < -0.4 is 10.2 Å². The van der Waals surface area contributed by atoms with Gasteiger partial charge >= 0.3 is 0 Å². The molecule has 1 heterocycles.